The number of rotatable bonds is 4. The van der Waals surface area contributed by atoms with Crippen molar-refractivity contribution in [1.82, 2.24) is 4.90 Å². The van der Waals surface area contributed by atoms with Gasteiger partial charge in [-0.1, -0.05) is 0 Å². The summed E-state index contributed by atoms with van der Waals surface area (Å²) in [7, 11) is 1.63. The van der Waals surface area contributed by atoms with E-state index in [-0.39, 0.29) is 11.9 Å². The Morgan fingerprint density at radius 2 is 1.85 bits per heavy atom. The van der Waals surface area contributed by atoms with Crippen LogP contribution in [0.4, 0.5) is 5.69 Å². The molecule has 1 unspecified atom stereocenters. The van der Waals surface area contributed by atoms with Gasteiger partial charge in [0.25, 0.3) is 5.91 Å². The second-order valence-electron chi connectivity index (χ2n) is 4.65. The van der Waals surface area contributed by atoms with Crippen molar-refractivity contribution in [2.24, 2.45) is 4.99 Å². The van der Waals surface area contributed by atoms with Gasteiger partial charge in [0, 0.05) is 13.1 Å². The van der Waals surface area contributed by atoms with Crippen LogP contribution in [-0.2, 0) is 4.79 Å². The molecule has 0 saturated carbocycles. The maximum atomic E-state index is 12.4. The van der Waals surface area contributed by atoms with Crippen LogP contribution in [0, 0.1) is 0 Å². The SMILES string of the molecule is CCN(CC)C1=NC(C)C(=O)N1c1ccc(OC)cc1. The number of carbonyl (C=O) groups excluding carboxylic acids is 1. The molecule has 0 fully saturated rings. The number of aliphatic imine (C=N–C) groups is 1. The number of amides is 1. The summed E-state index contributed by atoms with van der Waals surface area (Å²) >= 11 is 0. The zero-order valence-electron chi connectivity index (χ0n) is 12.5. The number of hydrogen-bond acceptors (Lipinski definition) is 4. The third-order valence-electron chi connectivity index (χ3n) is 3.46. The van der Waals surface area contributed by atoms with Crippen LogP contribution in [0.1, 0.15) is 20.8 Å². The number of methoxy groups -OCH3 is 1. The molecule has 1 amide bonds. The molecule has 0 saturated heterocycles. The van der Waals surface area contributed by atoms with Gasteiger partial charge in [0.2, 0.25) is 5.96 Å². The summed E-state index contributed by atoms with van der Waals surface area (Å²) < 4.78 is 5.15. The molecule has 0 aliphatic carbocycles. The van der Waals surface area contributed by atoms with E-state index in [1.807, 2.05) is 31.2 Å². The molecule has 1 atom stereocenters. The number of carbonyl (C=O) groups is 1. The first-order chi connectivity index (χ1) is 9.62. The summed E-state index contributed by atoms with van der Waals surface area (Å²) in [5.41, 5.74) is 0.825. The van der Waals surface area contributed by atoms with Crippen molar-refractivity contribution >= 4 is 17.6 Å². The van der Waals surface area contributed by atoms with E-state index in [0.29, 0.717) is 0 Å². The van der Waals surface area contributed by atoms with E-state index in [2.05, 4.69) is 23.7 Å². The van der Waals surface area contributed by atoms with Gasteiger partial charge in [-0.3, -0.25) is 4.79 Å². The largest absolute Gasteiger partial charge is 0.497 e. The molecule has 0 bridgehead atoms. The molecule has 5 heteroatoms. The van der Waals surface area contributed by atoms with Crippen molar-refractivity contribution in [3.05, 3.63) is 24.3 Å². The second-order valence-corrected chi connectivity index (χ2v) is 4.65. The van der Waals surface area contributed by atoms with E-state index < -0.39 is 0 Å². The molecule has 0 spiro atoms. The molecule has 1 aromatic carbocycles. The summed E-state index contributed by atoms with van der Waals surface area (Å²) in [4.78, 5) is 20.6. The van der Waals surface area contributed by atoms with Crippen LogP contribution in [0.25, 0.3) is 0 Å². The van der Waals surface area contributed by atoms with Crippen LogP contribution >= 0.6 is 0 Å². The van der Waals surface area contributed by atoms with Gasteiger partial charge < -0.3 is 9.64 Å². The van der Waals surface area contributed by atoms with Gasteiger partial charge in [0.15, 0.2) is 0 Å². The fourth-order valence-corrected chi connectivity index (χ4v) is 2.28. The van der Waals surface area contributed by atoms with Gasteiger partial charge in [-0.2, -0.15) is 0 Å². The van der Waals surface area contributed by atoms with Crippen LogP contribution in [0.15, 0.2) is 29.3 Å². The zero-order valence-corrected chi connectivity index (χ0v) is 12.5. The average Bonchev–Trinajstić information content (AvgIpc) is 2.76. The molecule has 1 heterocycles. The minimum absolute atomic E-state index is 0.0112. The first kappa shape index (κ1) is 14.4. The molecule has 1 aromatic rings. The predicted molar refractivity (Wildman–Crippen MR) is 80.3 cm³/mol. The highest BCUT2D eigenvalue weighted by Crippen LogP contribution is 2.25. The first-order valence-corrected chi connectivity index (χ1v) is 6.93. The molecule has 20 heavy (non-hydrogen) atoms. The van der Waals surface area contributed by atoms with Crippen molar-refractivity contribution in [3.63, 3.8) is 0 Å². The minimum Gasteiger partial charge on any atom is -0.497 e. The Morgan fingerprint density at radius 3 is 2.35 bits per heavy atom. The van der Waals surface area contributed by atoms with Crippen molar-refractivity contribution in [3.8, 4) is 5.75 Å². The summed E-state index contributed by atoms with van der Waals surface area (Å²) in [6, 6.07) is 7.14. The Bertz CT molecular complexity index is 506. The van der Waals surface area contributed by atoms with E-state index in [1.54, 1.807) is 12.0 Å². The predicted octanol–water partition coefficient (Wildman–Crippen LogP) is 2.13. The fraction of sp³-hybridized carbons (Fsp3) is 0.467. The Kier molecular flexibility index (Phi) is 4.27. The van der Waals surface area contributed by atoms with Crippen LogP contribution in [0.2, 0.25) is 0 Å². The molecule has 1 aliphatic rings. The smallest absolute Gasteiger partial charge is 0.258 e. The monoisotopic (exact) mass is 275 g/mol. The highest BCUT2D eigenvalue weighted by molar-refractivity contribution is 6.21. The van der Waals surface area contributed by atoms with E-state index in [1.165, 1.54) is 0 Å². The molecule has 5 nitrogen and oxygen atoms in total. The Hall–Kier alpha value is -2.04. The summed E-state index contributed by atoms with van der Waals surface area (Å²) in [6.45, 7) is 7.59. The van der Waals surface area contributed by atoms with E-state index in [9.17, 15) is 4.79 Å². The highest BCUT2D eigenvalue weighted by Gasteiger charge is 2.35. The van der Waals surface area contributed by atoms with Crippen molar-refractivity contribution in [2.45, 2.75) is 26.8 Å². The molecule has 2 rings (SSSR count). The summed E-state index contributed by atoms with van der Waals surface area (Å²) in [5, 5.41) is 0. The maximum absolute atomic E-state index is 12.4. The van der Waals surface area contributed by atoms with Crippen LogP contribution in [0.3, 0.4) is 0 Å². The fourth-order valence-electron chi connectivity index (χ4n) is 2.28. The topological polar surface area (TPSA) is 45.1 Å². The minimum atomic E-state index is -0.326. The molecule has 0 radical (unpaired) electrons. The van der Waals surface area contributed by atoms with Gasteiger partial charge in [-0.25, -0.2) is 9.89 Å². The van der Waals surface area contributed by atoms with Crippen LogP contribution in [-0.4, -0.2) is 43.0 Å². The number of guanidine groups is 1. The lowest BCUT2D eigenvalue weighted by atomic mass is 10.2. The normalized spacial score (nSPS) is 18.2. The first-order valence-electron chi connectivity index (χ1n) is 6.93. The Morgan fingerprint density at radius 1 is 1.25 bits per heavy atom. The molecule has 1 aliphatic heterocycles. The van der Waals surface area contributed by atoms with Gasteiger partial charge in [-0.15, -0.1) is 0 Å². The van der Waals surface area contributed by atoms with Gasteiger partial charge in [0.05, 0.1) is 12.8 Å². The number of benzene rings is 1. The standard InChI is InChI=1S/C15H21N3O2/c1-5-17(6-2)15-16-11(3)14(19)18(15)12-7-9-13(20-4)10-8-12/h7-11H,5-6H2,1-4H3. The maximum Gasteiger partial charge on any atom is 0.258 e. The third-order valence-corrected chi connectivity index (χ3v) is 3.46. The van der Waals surface area contributed by atoms with Gasteiger partial charge in [-0.05, 0) is 45.0 Å². The lowest BCUT2D eigenvalue weighted by Gasteiger charge is -2.27. The molecule has 0 aromatic heterocycles. The number of ether oxygens (including phenoxy) is 1. The summed E-state index contributed by atoms with van der Waals surface area (Å²) in [6.07, 6.45) is 0. The van der Waals surface area contributed by atoms with E-state index in [0.717, 1.165) is 30.5 Å². The summed E-state index contributed by atoms with van der Waals surface area (Å²) in [5.74, 6) is 1.52. The average molecular weight is 275 g/mol. The molecular weight excluding hydrogens is 254 g/mol. The Labute approximate surface area is 119 Å². The van der Waals surface area contributed by atoms with Gasteiger partial charge in [0.1, 0.15) is 11.8 Å². The van der Waals surface area contributed by atoms with Crippen molar-refractivity contribution in [2.75, 3.05) is 25.1 Å². The van der Waals surface area contributed by atoms with Crippen LogP contribution < -0.4 is 9.64 Å². The van der Waals surface area contributed by atoms with Crippen molar-refractivity contribution in [1.29, 1.82) is 0 Å². The Balaban J connectivity index is 2.35. The lowest BCUT2D eigenvalue weighted by Crippen LogP contribution is -2.44. The number of hydrogen-bond donors (Lipinski definition) is 0. The van der Waals surface area contributed by atoms with Crippen LogP contribution in [0.5, 0.6) is 5.75 Å². The third kappa shape index (κ3) is 2.48. The number of anilines is 1. The van der Waals surface area contributed by atoms with E-state index >= 15 is 0 Å². The molecular formula is C15H21N3O2. The molecule has 108 valence electrons. The van der Waals surface area contributed by atoms with Gasteiger partial charge >= 0.3 is 0 Å². The highest BCUT2D eigenvalue weighted by atomic mass is 16.5. The van der Waals surface area contributed by atoms with E-state index in [4.69, 9.17) is 4.74 Å². The van der Waals surface area contributed by atoms with Crippen molar-refractivity contribution < 1.29 is 9.53 Å². The lowest BCUT2D eigenvalue weighted by molar-refractivity contribution is -0.117. The number of nitrogens with zero attached hydrogens (tertiary/aromatic N) is 3. The quantitative estimate of drug-likeness (QED) is 0.845. The molecule has 0 N–H and O–H groups in total. The second kappa shape index (κ2) is 5.94. The zero-order chi connectivity index (χ0) is 14.7.